The number of rotatable bonds is 1. The zero-order chi connectivity index (χ0) is 14.3. The van der Waals surface area contributed by atoms with Gasteiger partial charge < -0.3 is 10.5 Å². The summed E-state index contributed by atoms with van der Waals surface area (Å²) in [4.78, 5) is 0. The fourth-order valence-corrected chi connectivity index (χ4v) is 2.76. The van der Waals surface area contributed by atoms with Gasteiger partial charge in [0.2, 0.25) is 0 Å². The van der Waals surface area contributed by atoms with E-state index in [4.69, 9.17) is 22.1 Å². The van der Waals surface area contributed by atoms with Crippen LogP contribution in [0.3, 0.4) is 0 Å². The van der Waals surface area contributed by atoms with Gasteiger partial charge >= 0.3 is 0 Å². The van der Waals surface area contributed by atoms with Crippen LogP contribution in [-0.2, 0) is 0 Å². The monoisotopic (exact) mass is 295 g/mol. The van der Waals surface area contributed by atoms with Crippen LogP contribution in [0.4, 0.5) is 8.78 Å². The molecule has 0 saturated heterocycles. The molecule has 0 aromatic heterocycles. The van der Waals surface area contributed by atoms with Crippen LogP contribution < -0.4 is 10.5 Å². The second-order valence-electron chi connectivity index (χ2n) is 4.77. The summed E-state index contributed by atoms with van der Waals surface area (Å²) in [5.74, 6) is -0.333. The summed E-state index contributed by atoms with van der Waals surface area (Å²) < 4.78 is 32.9. The van der Waals surface area contributed by atoms with Gasteiger partial charge in [-0.05, 0) is 30.3 Å². The van der Waals surface area contributed by atoms with E-state index >= 15 is 0 Å². The molecule has 3 rings (SSSR count). The van der Waals surface area contributed by atoms with Crippen LogP contribution in [-0.4, -0.2) is 0 Å². The molecule has 2 atom stereocenters. The van der Waals surface area contributed by atoms with E-state index in [1.807, 2.05) is 0 Å². The smallest absolute Gasteiger partial charge is 0.131 e. The van der Waals surface area contributed by atoms with E-state index in [0.29, 0.717) is 28.3 Å². The van der Waals surface area contributed by atoms with Gasteiger partial charge in [0.05, 0.1) is 5.02 Å². The maximum Gasteiger partial charge on any atom is 0.131 e. The van der Waals surface area contributed by atoms with Gasteiger partial charge in [0.25, 0.3) is 0 Å². The molecule has 2 aromatic carbocycles. The average Bonchev–Trinajstić information content (AvgIpc) is 2.39. The SMILES string of the molecule is NC1CC(c2c(F)cccc2Cl)Oc2ccc(F)cc21. The normalized spacial score (nSPS) is 21.2. The van der Waals surface area contributed by atoms with Crippen LogP contribution in [0.5, 0.6) is 5.75 Å². The van der Waals surface area contributed by atoms with Crippen molar-refractivity contribution in [1.82, 2.24) is 0 Å². The number of nitrogens with two attached hydrogens (primary N) is 1. The molecule has 2 aromatic rings. The van der Waals surface area contributed by atoms with Crippen molar-refractivity contribution in [2.75, 3.05) is 0 Å². The zero-order valence-electron chi connectivity index (χ0n) is 10.4. The Morgan fingerprint density at radius 3 is 2.75 bits per heavy atom. The van der Waals surface area contributed by atoms with Gasteiger partial charge in [0.1, 0.15) is 23.5 Å². The van der Waals surface area contributed by atoms with E-state index < -0.39 is 18.0 Å². The maximum absolute atomic E-state index is 13.9. The van der Waals surface area contributed by atoms with Crippen molar-refractivity contribution in [2.24, 2.45) is 5.73 Å². The Balaban J connectivity index is 2.01. The Bertz CT molecular complexity index is 642. The molecule has 5 heteroatoms. The lowest BCUT2D eigenvalue weighted by Crippen LogP contribution is -2.25. The number of halogens is 3. The second kappa shape index (κ2) is 5.04. The Kier molecular flexibility index (Phi) is 3.36. The van der Waals surface area contributed by atoms with Crippen LogP contribution in [0, 0.1) is 11.6 Å². The van der Waals surface area contributed by atoms with E-state index in [0.717, 1.165) is 0 Å². The Morgan fingerprint density at radius 2 is 2.00 bits per heavy atom. The fourth-order valence-electron chi connectivity index (χ4n) is 2.47. The molecule has 0 spiro atoms. The molecule has 0 radical (unpaired) electrons. The third-order valence-corrected chi connectivity index (χ3v) is 3.76. The highest BCUT2D eigenvalue weighted by Crippen LogP contribution is 2.42. The Labute approximate surface area is 120 Å². The maximum atomic E-state index is 13.9. The summed E-state index contributed by atoms with van der Waals surface area (Å²) in [5.41, 5.74) is 6.91. The van der Waals surface area contributed by atoms with Gasteiger partial charge in [0, 0.05) is 23.6 Å². The number of benzene rings is 2. The first-order valence-electron chi connectivity index (χ1n) is 6.22. The first kappa shape index (κ1) is 13.3. The third-order valence-electron chi connectivity index (χ3n) is 3.43. The molecular formula is C15H12ClF2NO. The molecule has 0 saturated carbocycles. The summed E-state index contributed by atoms with van der Waals surface area (Å²) in [6.45, 7) is 0. The van der Waals surface area contributed by atoms with Crippen LogP contribution in [0.25, 0.3) is 0 Å². The van der Waals surface area contributed by atoms with Gasteiger partial charge in [-0.25, -0.2) is 8.78 Å². The van der Waals surface area contributed by atoms with Crippen molar-refractivity contribution in [2.45, 2.75) is 18.6 Å². The summed E-state index contributed by atoms with van der Waals surface area (Å²) in [6.07, 6.45) is -0.228. The lowest BCUT2D eigenvalue weighted by atomic mass is 9.93. The standard InChI is InChI=1S/C15H12ClF2NO/c16-10-2-1-3-11(18)15(10)14-7-12(19)9-6-8(17)4-5-13(9)20-14/h1-6,12,14H,7,19H2. The number of fused-ring (bicyclic) bond motifs is 1. The summed E-state index contributed by atoms with van der Waals surface area (Å²) in [6, 6.07) is 8.19. The van der Waals surface area contributed by atoms with Crippen molar-refractivity contribution < 1.29 is 13.5 Å². The first-order chi connectivity index (χ1) is 9.56. The van der Waals surface area contributed by atoms with Gasteiger partial charge in [-0.1, -0.05) is 17.7 Å². The largest absolute Gasteiger partial charge is 0.485 e. The number of hydrogen-bond donors (Lipinski definition) is 1. The van der Waals surface area contributed by atoms with E-state index in [1.165, 1.54) is 30.3 Å². The van der Waals surface area contributed by atoms with E-state index in [-0.39, 0.29) is 5.82 Å². The number of hydrogen-bond acceptors (Lipinski definition) is 2. The van der Waals surface area contributed by atoms with Crippen molar-refractivity contribution in [3.8, 4) is 5.75 Å². The van der Waals surface area contributed by atoms with Crippen molar-refractivity contribution in [3.63, 3.8) is 0 Å². The third kappa shape index (κ3) is 2.25. The molecule has 0 amide bonds. The van der Waals surface area contributed by atoms with Crippen LogP contribution in [0.15, 0.2) is 36.4 Å². The highest BCUT2D eigenvalue weighted by Gasteiger charge is 2.30. The van der Waals surface area contributed by atoms with E-state index in [1.54, 1.807) is 6.07 Å². The highest BCUT2D eigenvalue weighted by atomic mass is 35.5. The molecule has 20 heavy (non-hydrogen) atoms. The quantitative estimate of drug-likeness (QED) is 0.858. The molecule has 1 aliphatic heterocycles. The van der Waals surface area contributed by atoms with E-state index in [2.05, 4.69) is 0 Å². The van der Waals surface area contributed by atoms with Crippen molar-refractivity contribution in [1.29, 1.82) is 0 Å². The second-order valence-corrected chi connectivity index (χ2v) is 5.17. The Morgan fingerprint density at radius 1 is 1.20 bits per heavy atom. The van der Waals surface area contributed by atoms with Gasteiger partial charge in [-0.15, -0.1) is 0 Å². The van der Waals surface area contributed by atoms with Gasteiger partial charge in [-0.3, -0.25) is 0 Å². The molecule has 1 heterocycles. The van der Waals surface area contributed by atoms with Crippen LogP contribution in [0.1, 0.15) is 29.7 Å². The first-order valence-corrected chi connectivity index (χ1v) is 6.59. The summed E-state index contributed by atoms with van der Waals surface area (Å²) in [7, 11) is 0. The molecular weight excluding hydrogens is 284 g/mol. The number of ether oxygens (including phenoxy) is 1. The molecule has 0 bridgehead atoms. The minimum absolute atomic E-state index is 0.291. The van der Waals surface area contributed by atoms with Crippen LogP contribution >= 0.6 is 11.6 Å². The van der Waals surface area contributed by atoms with Crippen molar-refractivity contribution >= 4 is 11.6 Å². The van der Waals surface area contributed by atoms with E-state index in [9.17, 15) is 8.78 Å². The molecule has 2 unspecified atom stereocenters. The molecule has 0 aliphatic carbocycles. The minimum atomic E-state index is -0.573. The molecule has 2 nitrogen and oxygen atoms in total. The average molecular weight is 296 g/mol. The topological polar surface area (TPSA) is 35.2 Å². The molecule has 104 valence electrons. The van der Waals surface area contributed by atoms with Crippen LogP contribution in [0.2, 0.25) is 5.02 Å². The lowest BCUT2D eigenvalue weighted by Gasteiger charge is -2.31. The molecule has 1 aliphatic rings. The minimum Gasteiger partial charge on any atom is -0.485 e. The van der Waals surface area contributed by atoms with Gasteiger partial charge in [0.15, 0.2) is 0 Å². The molecule has 2 N–H and O–H groups in total. The highest BCUT2D eigenvalue weighted by molar-refractivity contribution is 6.31. The molecule has 0 fully saturated rings. The predicted molar refractivity (Wildman–Crippen MR) is 72.7 cm³/mol. The fraction of sp³-hybridized carbons (Fsp3) is 0.200. The van der Waals surface area contributed by atoms with Gasteiger partial charge in [-0.2, -0.15) is 0 Å². The lowest BCUT2D eigenvalue weighted by molar-refractivity contribution is 0.157. The zero-order valence-corrected chi connectivity index (χ0v) is 11.2. The summed E-state index contributed by atoms with van der Waals surface area (Å²) >= 11 is 6.04. The predicted octanol–water partition coefficient (Wildman–Crippen LogP) is 4.14. The van der Waals surface area contributed by atoms with Crippen molar-refractivity contribution in [3.05, 3.63) is 64.2 Å². The Hall–Kier alpha value is -1.65. The summed E-state index contributed by atoms with van der Waals surface area (Å²) in [5, 5.41) is 0.299.